The van der Waals surface area contributed by atoms with Crippen LogP contribution in [-0.2, 0) is 6.54 Å². The van der Waals surface area contributed by atoms with Crippen LogP contribution in [0.2, 0.25) is 0 Å². The maximum Gasteiger partial charge on any atom is 0.330 e. The van der Waals surface area contributed by atoms with Gasteiger partial charge in [0.05, 0.1) is 6.33 Å². The predicted molar refractivity (Wildman–Crippen MR) is 55.8 cm³/mol. The number of H-pyrrole nitrogens is 2. The van der Waals surface area contributed by atoms with Crippen molar-refractivity contribution < 1.29 is 0 Å². The Morgan fingerprint density at radius 2 is 2.20 bits per heavy atom. The van der Waals surface area contributed by atoms with Crippen LogP contribution in [0.15, 0.2) is 15.9 Å². The standard InChI is InChI=1S/C9H12N4O2/c1-5(2)3-13-7-6(10-4-11-7)8(14)12-9(13)15/h4-5H,3H2,1-2H3,(H,10,11)(H,12,14,15). The summed E-state index contributed by atoms with van der Waals surface area (Å²) in [6, 6.07) is 0. The zero-order valence-corrected chi connectivity index (χ0v) is 8.57. The van der Waals surface area contributed by atoms with Crippen LogP contribution in [0.3, 0.4) is 0 Å². The monoisotopic (exact) mass is 208 g/mol. The van der Waals surface area contributed by atoms with Crippen molar-refractivity contribution in [3.05, 3.63) is 27.2 Å². The average Bonchev–Trinajstić information content (AvgIpc) is 2.60. The Bertz CT molecular complexity index is 590. The first-order chi connectivity index (χ1) is 7.09. The highest BCUT2D eigenvalue weighted by molar-refractivity contribution is 5.68. The lowest BCUT2D eigenvalue weighted by molar-refractivity contribution is 0.513. The minimum Gasteiger partial charge on any atom is -0.339 e. The van der Waals surface area contributed by atoms with Gasteiger partial charge in [0.25, 0.3) is 5.56 Å². The van der Waals surface area contributed by atoms with Gasteiger partial charge in [-0.25, -0.2) is 9.78 Å². The van der Waals surface area contributed by atoms with Crippen molar-refractivity contribution in [3.8, 4) is 0 Å². The average molecular weight is 208 g/mol. The summed E-state index contributed by atoms with van der Waals surface area (Å²) in [5.74, 6) is 0.313. The molecule has 0 aliphatic carbocycles. The maximum absolute atomic E-state index is 11.5. The minimum atomic E-state index is -0.424. The van der Waals surface area contributed by atoms with E-state index in [1.54, 1.807) is 0 Å². The summed E-state index contributed by atoms with van der Waals surface area (Å²) in [4.78, 5) is 31.8. The Hall–Kier alpha value is -1.85. The molecule has 0 unspecified atom stereocenters. The number of imidazole rings is 1. The highest BCUT2D eigenvalue weighted by Gasteiger charge is 2.10. The van der Waals surface area contributed by atoms with Crippen molar-refractivity contribution in [2.45, 2.75) is 20.4 Å². The highest BCUT2D eigenvalue weighted by Crippen LogP contribution is 2.03. The number of aromatic nitrogens is 4. The van der Waals surface area contributed by atoms with E-state index < -0.39 is 11.2 Å². The van der Waals surface area contributed by atoms with Gasteiger partial charge in [-0.2, -0.15) is 0 Å². The molecule has 0 aliphatic rings. The maximum atomic E-state index is 11.5. The second kappa shape index (κ2) is 3.38. The molecule has 6 nitrogen and oxygen atoms in total. The molecule has 0 atom stereocenters. The third-order valence-corrected chi connectivity index (χ3v) is 2.12. The van der Waals surface area contributed by atoms with Crippen LogP contribution in [0.5, 0.6) is 0 Å². The summed E-state index contributed by atoms with van der Waals surface area (Å²) in [6.07, 6.45) is 1.41. The van der Waals surface area contributed by atoms with Crippen LogP contribution < -0.4 is 11.2 Å². The Balaban J connectivity index is 2.77. The number of hydrogen-bond acceptors (Lipinski definition) is 3. The molecule has 0 spiro atoms. The zero-order valence-electron chi connectivity index (χ0n) is 8.57. The molecular formula is C9H12N4O2. The fraction of sp³-hybridized carbons (Fsp3) is 0.444. The van der Waals surface area contributed by atoms with Crippen LogP contribution in [0, 0.1) is 5.92 Å². The van der Waals surface area contributed by atoms with Crippen molar-refractivity contribution in [2.75, 3.05) is 0 Å². The number of hydrogen-bond donors (Lipinski definition) is 2. The molecule has 0 radical (unpaired) electrons. The van der Waals surface area contributed by atoms with Crippen LogP contribution in [-0.4, -0.2) is 19.5 Å². The molecule has 2 rings (SSSR count). The third-order valence-electron chi connectivity index (χ3n) is 2.12. The summed E-state index contributed by atoms with van der Waals surface area (Å²) in [5, 5.41) is 0. The number of rotatable bonds is 2. The van der Waals surface area contributed by atoms with Gasteiger partial charge >= 0.3 is 5.69 Å². The first-order valence-electron chi connectivity index (χ1n) is 4.76. The van der Waals surface area contributed by atoms with Crippen molar-refractivity contribution >= 4 is 11.2 Å². The van der Waals surface area contributed by atoms with Gasteiger partial charge in [-0.1, -0.05) is 13.8 Å². The number of nitrogens with zero attached hydrogens (tertiary/aromatic N) is 2. The second-order valence-electron chi connectivity index (χ2n) is 3.86. The van der Waals surface area contributed by atoms with Gasteiger partial charge in [0.15, 0.2) is 5.65 Å². The predicted octanol–water partition coefficient (Wildman–Crippen LogP) is 0.0689. The van der Waals surface area contributed by atoms with E-state index in [9.17, 15) is 9.59 Å². The van der Waals surface area contributed by atoms with E-state index >= 15 is 0 Å². The summed E-state index contributed by atoms with van der Waals surface area (Å²) in [7, 11) is 0. The van der Waals surface area contributed by atoms with E-state index in [1.165, 1.54) is 10.9 Å². The first kappa shape index (κ1) is 9.70. The summed E-state index contributed by atoms with van der Waals surface area (Å²) in [5.41, 5.74) is -0.0755. The van der Waals surface area contributed by atoms with Crippen LogP contribution in [0.1, 0.15) is 13.8 Å². The highest BCUT2D eigenvalue weighted by atomic mass is 16.2. The van der Waals surface area contributed by atoms with Crippen molar-refractivity contribution in [1.29, 1.82) is 0 Å². The van der Waals surface area contributed by atoms with Crippen LogP contribution >= 0.6 is 0 Å². The van der Waals surface area contributed by atoms with Gasteiger partial charge in [-0.3, -0.25) is 14.3 Å². The smallest absolute Gasteiger partial charge is 0.330 e. The van der Waals surface area contributed by atoms with Crippen molar-refractivity contribution in [2.24, 2.45) is 5.92 Å². The van der Waals surface area contributed by atoms with Gasteiger partial charge in [-0.05, 0) is 5.92 Å². The molecule has 2 aromatic rings. The van der Waals surface area contributed by atoms with Gasteiger partial charge < -0.3 is 4.98 Å². The first-order valence-corrected chi connectivity index (χ1v) is 4.76. The minimum absolute atomic E-state index is 0.313. The fourth-order valence-corrected chi connectivity index (χ4v) is 1.52. The molecule has 0 fully saturated rings. The Morgan fingerprint density at radius 3 is 2.87 bits per heavy atom. The number of aromatic amines is 2. The molecular weight excluding hydrogens is 196 g/mol. The van der Waals surface area contributed by atoms with Gasteiger partial charge in [-0.15, -0.1) is 0 Å². The zero-order chi connectivity index (χ0) is 11.0. The third kappa shape index (κ3) is 1.58. The molecule has 6 heteroatoms. The molecule has 2 heterocycles. The molecule has 0 bridgehead atoms. The SMILES string of the molecule is CC(C)Cn1c(=O)[nH]c(=O)c2[nH]cnc21. The molecule has 15 heavy (non-hydrogen) atoms. The van der Waals surface area contributed by atoms with Crippen LogP contribution in [0.4, 0.5) is 0 Å². The van der Waals surface area contributed by atoms with E-state index in [0.29, 0.717) is 23.6 Å². The Kier molecular flexibility index (Phi) is 2.18. The summed E-state index contributed by atoms with van der Waals surface area (Å²) < 4.78 is 1.47. The summed E-state index contributed by atoms with van der Waals surface area (Å²) >= 11 is 0. The quantitative estimate of drug-likeness (QED) is 0.732. The molecule has 0 aliphatic heterocycles. The van der Waals surface area contributed by atoms with Gasteiger partial charge in [0, 0.05) is 6.54 Å². The lowest BCUT2D eigenvalue weighted by Crippen LogP contribution is -2.31. The second-order valence-corrected chi connectivity index (χ2v) is 3.86. The molecule has 2 aromatic heterocycles. The molecule has 0 saturated carbocycles. The molecule has 0 amide bonds. The van der Waals surface area contributed by atoms with Gasteiger partial charge in [0.1, 0.15) is 5.52 Å². The van der Waals surface area contributed by atoms with E-state index in [2.05, 4.69) is 15.0 Å². The van der Waals surface area contributed by atoms with Crippen molar-refractivity contribution in [3.63, 3.8) is 0 Å². The van der Waals surface area contributed by atoms with E-state index in [0.717, 1.165) is 0 Å². The lowest BCUT2D eigenvalue weighted by atomic mass is 10.2. The molecule has 0 saturated heterocycles. The lowest BCUT2D eigenvalue weighted by Gasteiger charge is -2.07. The largest absolute Gasteiger partial charge is 0.339 e. The van der Waals surface area contributed by atoms with E-state index in [4.69, 9.17) is 0 Å². The van der Waals surface area contributed by atoms with Gasteiger partial charge in [0.2, 0.25) is 0 Å². The van der Waals surface area contributed by atoms with E-state index in [1.807, 2.05) is 13.8 Å². The number of fused-ring (bicyclic) bond motifs is 1. The Morgan fingerprint density at radius 1 is 1.47 bits per heavy atom. The number of nitrogens with one attached hydrogen (secondary N) is 2. The Labute approximate surface area is 85.0 Å². The summed E-state index contributed by atoms with van der Waals surface area (Å²) in [6.45, 7) is 4.53. The molecule has 80 valence electrons. The van der Waals surface area contributed by atoms with Crippen molar-refractivity contribution in [1.82, 2.24) is 19.5 Å². The van der Waals surface area contributed by atoms with Crippen LogP contribution in [0.25, 0.3) is 11.2 Å². The topological polar surface area (TPSA) is 83.5 Å². The molecule has 2 N–H and O–H groups in total. The fourth-order valence-electron chi connectivity index (χ4n) is 1.52. The van der Waals surface area contributed by atoms with E-state index in [-0.39, 0.29) is 0 Å². The molecule has 0 aromatic carbocycles. The normalized spacial score (nSPS) is 11.4.